The fourth-order valence-electron chi connectivity index (χ4n) is 2.61. The van der Waals surface area contributed by atoms with E-state index in [-0.39, 0.29) is 11.3 Å². The third-order valence-corrected chi connectivity index (χ3v) is 4.69. The Morgan fingerprint density at radius 1 is 1.15 bits per heavy atom. The van der Waals surface area contributed by atoms with Crippen LogP contribution >= 0.6 is 22.6 Å². The van der Waals surface area contributed by atoms with Gasteiger partial charge in [0.25, 0.3) is 11.5 Å². The molecule has 3 aromatic rings. The lowest BCUT2D eigenvalue weighted by atomic mass is 10.2. The number of benzene rings is 2. The maximum Gasteiger partial charge on any atom is 0.280 e. The lowest BCUT2D eigenvalue weighted by Crippen LogP contribution is -2.23. The van der Waals surface area contributed by atoms with Gasteiger partial charge in [-0.05, 0) is 85.0 Å². The number of phenolic OH excluding ortho intramolecular Hbond substituents is 1. The average Bonchev–Trinajstić information content (AvgIpc) is 2.95. The molecule has 0 radical (unpaired) electrons. The van der Waals surface area contributed by atoms with E-state index in [1.54, 1.807) is 13.8 Å². The van der Waals surface area contributed by atoms with E-state index in [9.17, 15) is 14.7 Å². The van der Waals surface area contributed by atoms with Crippen molar-refractivity contribution in [2.45, 2.75) is 13.8 Å². The van der Waals surface area contributed by atoms with E-state index in [0.717, 1.165) is 9.26 Å². The van der Waals surface area contributed by atoms with Gasteiger partial charge in [-0.2, -0.15) is 5.10 Å². The molecule has 0 atom stereocenters. The fraction of sp³-hybridized carbons (Fsp3) is 0.105. The van der Waals surface area contributed by atoms with Gasteiger partial charge in [0.2, 0.25) is 0 Å². The zero-order valence-corrected chi connectivity index (χ0v) is 16.8. The highest BCUT2D eigenvalue weighted by Gasteiger charge is 2.15. The molecule has 1 amide bonds. The van der Waals surface area contributed by atoms with Crippen molar-refractivity contribution in [1.29, 1.82) is 0 Å². The molecule has 0 unspecified atom stereocenters. The molecule has 8 heteroatoms. The van der Waals surface area contributed by atoms with Gasteiger partial charge in [-0.25, -0.2) is 10.1 Å². The van der Waals surface area contributed by atoms with Crippen LogP contribution in [-0.2, 0) is 0 Å². The molecule has 0 aliphatic heterocycles. The Kier molecular flexibility index (Phi) is 5.45. The number of amides is 1. The van der Waals surface area contributed by atoms with Gasteiger partial charge in [-0.3, -0.25) is 14.7 Å². The van der Waals surface area contributed by atoms with Gasteiger partial charge in [0.1, 0.15) is 5.75 Å². The Hall–Kier alpha value is -2.88. The molecule has 138 valence electrons. The maximum atomic E-state index is 12.8. The summed E-state index contributed by atoms with van der Waals surface area (Å²) in [5.41, 5.74) is 4.71. The van der Waals surface area contributed by atoms with Crippen LogP contribution in [0.1, 0.15) is 28.5 Å². The van der Waals surface area contributed by atoms with Gasteiger partial charge in [0.05, 0.1) is 17.0 Å². The summed E-state index contributed by atoms with van der Waals surface area (Å²) in [6.07, 6.45) is 0. The third kappa shape index (κ3) is 4.11. The molecule has 0 bridgehead atoms. The van der Waals surface area contributed by atoms with Crippen LogP contribution in [0.25, 0.3) is 5.69 Å². The fourth-order valence-corrected chi connectivity index (χ4v) is 2.97. The highest BCUT2D eigenvalue weighted by Crippen LogP contribution is 2.12. The number of nitrogens with zero attached hydrogens (tertiary/aromatic N) is 2. The molecule has 1 aromatic heterocycles. The first-order valence-corrected chi connectivity index (χ1v) is 9.16. The molecule has 0 saturated carbocycles. The van der Waals surface area contributed by atoms with Crippen molar-refractivity contribution in [3.8, 4) is 11.4 Å². The van der Waals surface area contributed by atoms with Crippen LogP contribution in [0.3, 0.4) is 0 Å². The predicted molar refractivity (Wildman–Crippen MR) is 112 cm³/mol. The van der Waals surface area contributed by atoms with Crippen molar-refractivity contribution >= 4 is 34.2 Å². The molecule has 0 spiro atoms. The number of aromatic hydroxyl groups is 1. The van der Waals surface area contributed by atoms with E-state index in [1.165, 1.54) is 28.9 Å². The molecule has 1 heterocycles. The molecule has 2 aromatic carbocycles. The van der Waals surface area contributed by atoms with Crippen LogP contribution in [0, 0.1) is 10.5 Å². The number of aromatic amines is 1. The van der Waals surface area contributed by atoms with Crippen LogP contribution in [0.4, 0.5) is 0 Å². The van der Waals surface area contributed by atoms with Crippen molar-refractivity contribution < 1.29 is 9.90 Å². The normalized spacial score (nSPS) is 11.4. The SMILES string of the molecule is CC(=NNC(=O)c1ccc(O)cc1)c1c(C)[nH]n(-c2ccc(I)cc2)c1=O. The number of hydrogen-bond donors (Lipinski definition) is 3. The molecular weight excluding hydrogens is 459 g/mol. The molecule has 3 N–H and O–H groups in total. The largest absolute Gasteiger partial charge is 0.508 e. The quantitative estimate of drug-likeness (QED) is 0.307. The Labute approximate surface area is 168 Å². The van der Waals surface area contributed by atoms with E-state index in [2.05, 4.69) is 38.2 Å². The second-order valence-electron chi connectivity index (χ2n) is 5.91. The summed E-state index contributed by atoms with van der Waals surface area (Å²) in [4.78, 5) is 24.9. The lowest BCUT2D eigenvalue weighted by Gasteiger charge is -2.02. The molecule has 3 rings (SSSR count). The lowest BCUT2D eigenvalue weighted by molar-refractivity contribution is 0.0955. The highest BCUT2D eigenvalue weighted by atomic mass is 127. The minimum absolute atomic E-state index is 0.0744. The second-order valence-corrected chi connectivity index (χ2v) is 7.16. The summed E-state index contributed by atoms with van der Waals surface area (Å²) in [6, 6.07) is 13.3. The van der Waals surface area contributed by atoms with Gasteiger partial charge in [-0.1, -0.05) is 0 Å². The number of nitrogens with one attached hydrogen (secondary N) is 2. The zero-order valence-electron chi connectivity index (χ0n) is 14.7. The Morgan fingerprint density at radius 3 is 2.41 bits per heavy atom. The smallest absolute Gasteiger partial charge is 0.280 e. The summed E-state index contributed by atoms with van der Waals surface area (Å²) >= 11 is 2.20. The zero-order chi connectivity index (χ0) is 19.6. The summed E-state index contributed by atoms with van der Waals surface area (Å²) in [5, 5.41) is 16.4. The minimum atomic E-state index is -0.430. The van der Waals surface area contributed by atoms with Crippen LogP contribution in [0.15, 0.2) is 58.4 Å². The van der Waals surface area contributed by atoms with Crippen LogP contribution in [0.2, 0.25) is 0 Å². The molecule has 0 aliphatic rings. The van der Waals surface area contributed by atoms with Crippen molar-refractivity contribution in [2.24, 2.45) is 5.10 Å². The van der Waals surface area contributed by atoms with Gasteiger partial charge >= 0.3 is 0 Å². The standard InChI is InChI=1S/C19H17IN4O3/c1-11(21-22-18(26)13-3-9-16(25)10-4-13)17-12(2)23-24(19(17)27)15-7-5-14(20)6-8-15/h3-10,23,25H,1-2H3,(H,22,26). The van der Waals surface area contributed by atoms with Crippen LogP contribution < -0.4 is 11.0 Å². The molecule has 7 nitrogen and oxygen atoms in total. The Balaban J connectivity index is 1.86. The topological polar surface area (TPSA) is 99.5 Å². The maximum absolute atomic E-state index is 12.8. The van der Waals surface area contributed by atoms with Crippen molar-refractivity contribution in [2.75, 3.05) is 0 Å². The van der Waals surface area contributed by atoms with Crippen LogP contribution in [0.5, 0.6) is 5.75 Å². The van der Waals surface area contributed by atoms with Gasteiger partial charge in [0.15, 0.2) is 0 Å². The number of carbonyl (C=O) groups excluding carboxylic acids is 1. The second kappa shape index (κ2) is 7.78. The van der Waals surface area contributed by atoms with E-state index in [1.807, 2.05) is 24.3 Å². The van der Waals surface area contributed by atoms with Gasteiger partial charge in [-0.15, -0.1) is 0 Å². The summed E-state index contributed by atoms with van der Waals surface area (Å²) < 4.78 is 2.52. The van der Waals surface area contributed by atoms with Crippen molar-refractivity contribution in [3.05, 3.63) is 79.3 Å². The number of hydrazone groups is 1. The van der Waals surface area contributed by atoms with E-state index < -0.39 is 5.91 Å². The summed E-state index contributed by atoms with van der Waals surface area (Å²) in [7, 11) is 0. The minimum Gasteiger partial charge on any atom is -0.508 e. The number of aryl methyl sites for hydroxylation is 1. The monoisotopic (exact) mass is 476 g/mol. The van der Waals surface area contributed by atoms with E-state index in [0.29, 0.717) is 22.5 Å². The van der Waals surface area contributed by atoms with E-state index in [4.69, 9.17) is 0 Å². The molecule has 0 saturated heterocycles. The number of carbonyl (C=O) groups is 1. The molecular formula is C19H17IN4O3. The Bertz CT molecular complexity index is 1060. The van der Waals surface area contributed by atoms with Gasteiger partial charge < -0.3 is 5.11 Å². The number of halogens is 1. The third-order valence-electron chi connectivity index (χ3n) is 3.97. The Morgan fingerprint density at radius 2 is 1.78 bits per heavy atom. The first-order chi connectivity index (χ1) is 12.9. The number of phenols is 1. The summed E-state index contributed by atoms with van der Waals surface area (Å²) in [6.45, 7) is 3.44. The average molecular weight is 476 g/mol. The van der Waals surface area contributed by atoms with Crippen molar-refractivity contribution in [3.63, 3.8) is 0 Å². The molecule has 0 fully saturated rings. The molecule has 27 heavy (non-hydrogen) atoms. The predicted octanol–water partition coefficient (Wildman–Crippen LogP) is 2.94. The molecule has 0 aliphatic carbocycles. The number of H-pyrrole nitrogens is 1. The number of aromatic nitrogens is 2. The van der Waals surface area contributed by atoms with Crippen LogP contribution in [-0.4, -0.2) is 26.5 Å². The highest BCUT2D eigenvalue weighted by molar-refractivity contribution is 14.1. The van der Waals surface area contributed by atoms with E-state index >= 15 is 0 Å². The number of rotatable bonds is 4. The van der Waals surface area contributed by atoms with Crippen molar-refractivity contribution in [1.82, 2.24) is 15.2 Å². The number of hydrogen-bond acceptors (Lipinski definition) is 4. The van der Waals surface area contributed by atoms with Gasteiger partial charge in [0, 0.05) is 14.8 Å². The first kappa shape index (κ1) is 18.9. The first-order valence-electron chi connectivity index (χ1n) is 8.08. The summed E-state index contributed by atoms with van der Waals surface area (Å²) in [5.74, 6) is -0.356.